The molecule has 1 aromatic rings. The van der Waals surface area contributed by atoms with E-state index in [1.807, 2.05) is 6.07 Å². The molecule has 0 aliphatic carbocycles. The van der Waals surface area contributed by atoms with E-state index < -0.39 is 5.97 Å². The molecule has 0 unspecified atom stereocenters. The molecule has 1 fully saturated rings. The van der Waals surface area contributed by atoms with Gasteiger partial charge in [-0.3, -0.25) is 9.80 Å². The molecule has 102 valence electrons. The number of piperazine rings is 1. The van der Waals surface area contributed by atoms with E-state index in [1.54, 1.807) is 6.08 Å². The maximum Gasteiger partial charge on any atom is 0.328 e. The summed E-state index contributed by atoms with van der Waals surface area (Å²) in [5.74, 6) is -0.872. The fourth-order valence-corrected chi connectivity index (χ4v) is 2.27. The van der Waals surface area contributed by atoms with Crippen LogP contribution in [0.5, 0.6) is 0 Å². The lowest BCUT2D eigenvalue weighted by atomic mass is 10.2. The van der Waals surface area contributed by atoms with Gasteiger partial charge in [-0.05, 0) is 5.56 Å². The highest BCUT2D eigenvalue weighted by molar-refractivity contribution is 5.79. The molecule has 1 saturated heterocycles. The molecule has 1 aliphatic heterocycles. The lowest BCUT2D eigenvalue weighted by Gasteiger charge is -2.34. The summed E-state index contributed by atoms with van der Waals surface area (Å²) in [6, 6.07) is 10.5. The van der Waals surface area contributed by atoms with Gasteiger partial charge in [0.1, 0.15) is 0 Å². The Morgan fingerprint density at radius 3 is 2.37 bits per heavy atom. The summed E-state index contributed by atoms with van der Waals surface area (Å²) in [6.45, 7) is 5.80. The Morgan fingerprint density at radius 1 is 1.11 bits per heavy atom. The number of rotatable bonds is 5. The van der Waals surface area contributed by atoms with E-state index in [-0.39, 0.29) is 0 Å². The highest BCUT2D eigenvalue weighted by Crippen LogP contribution is 2.08. The van der Waals surface area contributed by atoms with Gasteiger partial charge >= 0.3 is 5.97 Å². The predicted molar refractivity (Wildman–Crippen MR) is 74.9 cm³/mol. The second-order valence-corrected chi connectivity index (χ2v) is 4.80. The zero-order valence-corrected chi connectivity index (χ0v) is 11.0. The van der Waals surface area contributed by atoms with Crippen LogP contribution in [0, 0.1) is 0 Å². The third kappa shape index (κ3) is 4.85. The molecule has 1 aromatic carbocycles. The van der Waals surface area contributed by atoms with Crippen LogP contribution in [-0.4, -0.2) is 53.6 Å². The summed E-state index contributed by atoms with van der Waals surface area (Å²) in [5, 5.41) is 8.54. The molecule has 2 rings (SSSR count). The largest absolute Gasteiger partial charge is 0.478 e. The van der Waals surface area contributed by atoms with Crippen LogP contribution in [0.4, 0.5) is 0 Å². The van der Waals surface area contributed by atoms with Crippen LogP contribution >= 0.6 is 0 Å². The summed E-state index contributed by atoms with van der Waals surface area (Å²) in [4.78, 5) is 15.1. The quantitative estimate of drug-likeness (QED) is 0.814. The molecule has 0 saturated carbocycles. The van der Waals surface area contributed by atoms with Gasteiger partial charge in [-0.1, -0.05) is 36.4 Å². The zero-order valence-electron chi connectivity index (χ0n) is 11.0. The van der Waals surface area contributed by atoms with Crippen molar-refractivity contribution in [2.45, 2.75) is 6.54 Å². The van der Waals surface area contributed by atoms with Gasteiger partial charge in [0.2, 0.25) is 0 Å². The average molecular weight is 260 g/mol. The summed E-state index contributed by atoms with van der Waals surface area (Å²) < 4.78 is 0. The van der Waals surface area contributed by atoms with Crippen molar-refractivity contribution >= 4 is 5.97 Å². The van der Waals surface area contributed by atoms with Crippen molar-refractivity contribution < 1.29 is 9.90 Å². The maximum atomic E-state index is 10.4. The van der Waals surface area contributed by atoms with Crippen LogP contribution in [0.2, 0.25) is 0 Å². The minimum Gasteiger partial charge on any atom is -0.478 e. The second kappa shape index (κ2) is 7.07. The summed E-state index contributed by atoms with van der Waals surface area (Å²) >= 11 is 0. The minimum atomic E-state index is -0.872. The van der Waals surface area contributed by atoms with Gasteiger partial charge in [0, 0.05) is 45.3 Å². The van der Waals surface area contributed by atoms with Gasteiger partial charge in [-0.25, -0.2) is 4.79 Å². The normalized spacial score (nSPS) is 17.9. The van der Waals surface area contributed by atoms with E-state index >= 15 is 0 Å². The Bertz CT molecular complexity index is 423. The van der Waals surface area contributed by atoms with Crippen molar-refractivity contribution in [1.29, 1.82) is 0 Å². The maximum absolute atomic E-state index is 10.4. The smallest absolute Gasteiger partial charge is 0.328 e. The Morgan fingerprint density at radius 2 is 1.74 bits per heavy atom. The molecule has 19 heavy (non-hydrogen) atoms. The van der Waals surface area contributed by atoms with Crippen LogP contribution < -0.4 is 0 Å². The molecule has 0 bridgehead atoms. The fourth-order valence-electron chi connectivity index (χ4n) is 2.27. The minimum absolute atomic E-state index is 0.728. The molecule has 0 radical (unpaired) electrons. The van der Waals surface area contributed by atoms with Gasteiger partial charge in [-0.15, -0.1) is 0 Å². The van der Waals surface area contributed by atoms with Crippen LogP contribution in [0.15, 0.2) is 42.5 Å². The molecule has 0 amide bonds. The molecule has 0 spiro atoms. The highest BCUT2D eigenvalue weighted by atomic mass is 16.4. The summed E-state index contributed by atoms with van der Waals surface area (Å²) in [7, 11) is 0. The van der Waals surface area contributed by atoms with E-state index in [4.69, 9.17) is 5.11 Å². The molecular formula is C15H20N2O2. The van der Waals surface area contributed by atoms with Gasteiger partial charge in [0.25, 0.3) is 0 Å². The fraction of sp³-hybridized carbons (Fsp3) is 0.400. The summed E-state index contributed by atoms with van der Waals surface area (Å²) in [5.41, 5.74) is 1.35. The Kier molecular flexibility index (Phi) is 5.12. The van der Waals surface area contributed by atoms with Crippen molar-refractivity contribution in [3.63, 3.8) is 0 Å². The first kappa shape index (κ1) is 13.8. The number of hydrogen-bond donors (Lipinski definition) is 1. The van der Waals surface area contributed by atoms with Crippen LogP contribution in [-0.2, 0) is 11.3 Å². The molecule has 1 heterocycles. The molecule has 1 aliphatic rings. The number of carboxylic acid groups (broad SMARTS) is 1. The molecule has 0 aromatic heterocycles. The number of benzene rings is 1. The Balaban J connectivity index is 1.72. The molecular weight excluding hydrogens is 240 g/mol. The van der Waals surface area contributed by atoms with Gasteiger partial charge in [-0.2, -0.15) is 0 Å². The molecule has 4 nitrogen and oxygen atoms in total. The van der Waals surface area contributed by atoms with Crippen LogP contribution in [0.25, 0.3) is 0 Å². The van der Waals surface area contributed by atoms with Crippen molar-refractivity contribution in [2.75, 3.05) is 32.7 Å². The van der Waals surface area contributed by atoms with Crippen molar-refractivity contribution in [2.24, 2.45) is 0 Å². The van der Waals surface area contributed by atoms with Gasteiger partial charge in [0.05, 0.1) is 0 Å². The number of hydrogen-bond acceptors (Lipinski definition) is 3. The first-order valence-electron chi connectivity index (χ1n) is 6.62. The van der Waals surface area contributed by atoms with E-state index in [1.165, 1.54) is 11.6 Å². The average Bonchev–Trinajstić information content (AvgIpc) is 2.42. The van der Waals surface area contributed by atoms with E-state index in [0.29, 0.717) is 0 Å². The first-order valence-corrected chi connectivity index (χ1v) is 6.62. The van der Waals surface area contributed by atoms with Crippen LogP contribution in [0.1, 0.15) is 5.56 Å². The van der Waals surface area contributed by atoms with Crippen molar-refractivity contribution in [3.05, 3.63) is 48.0 Å². The zero-order chi connectivity index (χ0) is 13.5. The molecule has 1 N–H and O–H groups in total. The van der Waals surface area contributed by atoms with E-state index in [9.17, 15) is 4.79 Å². The standard InChI is InChI=1S/C15H20N2O2/c18-15(19)7-4-8-16-9-11-17(12-10-16)13-14-5-2-1-3-6-14/h1-7H,8-13H2,(H,18,19). The molecule has 4 heteroatoms. The Hall–Kier alpha value is -1.65. The first-order chi connectivity index (χ1) is 9.24. The lowest BCUT2D eigenvalue weighted by molar-refractivity contribution is -0.131. The van der Waals surface area contributed by atoms with Crippen LogP contribution in [0.3, 0.4) is 0 Å². The third-order valence-electron chi connectivity index (χ3n) is 3.34. The topological polar surface area (TPSA) is 43.8 Å². The lowest BCUT2D eigenvalue weighted by Crippen LogP contribution is -2.45. The van der Waals surface area contributed by atoms with Gasteiger partial charge < -0.3 is 5.11 Å². The van der Waals surface area contributed by atoms with Gasteiger partial charge in [0.15, 0.2) is 0 Å². The van der Waals surface area contributed by atoms with E-state index in [2.05, 4.69) is 34.1 Å². The number of carbonyl (C=O) groups is 1. The number of aliphatic carboxylic acids is 1. The second-order valence-electron chi connectivity index (χ2n) is 4.80. The van der Waals surface area contributed by atoms with E-state index in [0.717, 1.165) is 39.3 Å². The van der Waals surface area contributed by atoms with Crippen molar-refractivity contribution in [1.82, 2.24) is 9.80 Å². The number of carboxylic acids is 1. The molecule has 0 atom stereocenters. The van der Waals surface area contributed by atoms with Crippen molar-refractivity contribution in [3.8, 4) is 0 Å². The number of nitrogens with zero attached hydrogens (tertiary/aromatic N) is 2. The summed E-state index contributed by atoms with van der Waals surface area (Å²) in [6.07, 6.45) is 2.94. The SMILES string of the molecule is O=C(O)C=CCN1CCN(Cc2ccccc2)CC1. The third-order valence-corrected chi connectivity index (χ3v) is 3.34. The Labute approximate surface area is 113 Å². The highest BCUT2D eigenvalue weighted by Gasteiger charge is 2.15. The monoisotopic (exact) mass is 260 g/mol. The predicted octanol–water partition coefficient (Wildman–Crippen LogP) is 1.44.